The SMILES string of the molecule is O=C1N=C2SC=CN2C(C(Cl)(Cl)Cl)N1. The van der Waals surface area contributed by atoms with Crippen molar-refractivity contribution in [3.63, 3.8) is 0 Å². The minimum absolute atomic E-state index is 0.497. The molecule has 0 saturated carbocycles. The number of hydrogen-bond donors (Lipinski definition) is 1. The van der Waals surface area contributed by atoms with Crippen molar-refractivity contribution in [2.24, 2.45) is 4.99 Å². The Labute approximate surface area is 99.3 Å². The number of alkyl halides is 3. The summed E-state index contributed by atoms with van der Waals surface area (Å²) in [6.45, 7) is 0. The number of hydrogen-bond acceptors (Lipinski definition) is 3. The minimum atomic E-state index is -1.59. The van der Waals surface area contributed by atoms with Crippen LogP contribution in [0.2, 0.25) is 0 Å². The minimum Gasteiger partial charge on any atom is -0.311 e. The number of rotatable bonds is 0. The lowest BCUT2D eigenvalue weighted by atomic mass is 10.4. The molecule has 8 heteroatoms. The molecule has 14 heavy (non-hydrogen) atoms. The molecule has 1 N–H and O–H groups in total. The van der Waals surface area contributed by atoms with Gasteiger partial charge < -0.3 is 10.2 Å². The molecule has 0 aromatic carbocycles. The van der Waals surface area contributed by atoms with Crippen LogP contribution in [0.5, 0.6) is 0 Å². The van der Waals surface area contributed by atoms with Gasteiger partial charge in [0.2, 0.25) is 3.79 Å². The van der Waals surface area contributed by atoms with Crippen molar-refractivity contribution >= 4 is 57.8 Å². The zero-order valence-corrected chi connectivity index (χ0v) is 9.66. The second-order valence-corrected chi connectivity index (χ2v) is 5.84. The summed E-state index contributed by atoms with van der Waals surface area (Å²) in [5.74, 6) is 0. The predicted octanol–water partition coefficient (Wildman–Crippen LogP) is 2.28. The number of amidine groups is 1. The van der Waals surface area contributed by atoms with Crippen LogP contribution < -0.4 is 5.32 Å². The van der Waals surface area contributed by atoms with E-state index in [0.717, 1.165) is 0 Å². The van der Waals surface area contributed by atoms with Gasteiger partial charge in [-0.2, -0.15) is 4.99 Å². The van der Waals surface area contributed by atoms with Gasteiger partial charge in [-0.1, -0.05) is 46.6 Å². The zero-order chi connectivity index (χ0) is 10.3. The van der Waals surface area contributed by atoms with Gasteiger partial charge in [-0.05, 0) is 5.41 Å². The molecule has 2 aliphatic rings. The largest absolute Gasteiger partial charge is 0.345 e. The van der Waals surface area contributed by atoms with Gasteiger partial charge in [-0.15, -0.1) is 0 Å². The van der Waals surface area contributed by atoms with Gasteiger partial charge in [-0.3, -0.25) is 0 Å². The average molecular weight is 273 g/mol. The topological polar surface area (TPSA) is 44.7 Å². The van der Waals surface area contributed by atoms with E-state index in [1.165, 1.54) is 11.8 Å². The monoisotopic (exact) mass is 271 g/mol. The second kappa shape index (κ2) is 3.48. The number of thioether (sulfide) groups is 1. The van der Waals surface area contributed by atoms with E-state index >= 15 is 0 Å². The van der Waals surface area contributed by atoms with Crippen molar-refractivity contribution in [2.75, 3.05) is 0 Å². The highest BCUT2D eigenvalue weighted by atomic mass is 35.6. The second-order valence-electron chi connectivity index (χ2n) is 2.60. The summed E-state index contributed by atoms with van der Waals surface area (Å²) < 4.78 is -1.59. The lowest BCUT2D eigenvalue weighted by molar-refractivity contribution is 0.231. The molecule has 2 amide bonds. The molecule has 2 aliphatic heterocycles. The van der Waals surface area contributed by atoms with Crippen LogP contribution in [0.25, 0.3) is 0 Å². The smallest absolute Gasteiger partial charge is 0.311 e. The van der Waals surface area contributed by atoms with Crippen LogP contribution in [0, 0.1) is 0 Å². The lowest BCUT2D eigenvalue weighted by Gasteiger charge is -2.35. The molecule has 0 saturated heterocycles. The van der Waals surface area contributed by atoms with Crippen LogP contribution in [0.15, 0.2) is 16.6 Å². The molecule has 2 heterocycles. The lowest BCUT2D eigenvalue weighted by Crippen LogP contribution is -2.56. The first-order valence-electron chi connectivity index (χ1n) is 3.56. The maximum absolute atomic E-state index is 11.1. The number of aliphatic imine (C=N–C) groups is 1. The van der Waals surface area contributed by atoms with E-state index in [9.17, 15) is 4.79 Å². The van der Waals surface area contributed by atoms with E-state index in [4.69, 9.17) is 34.8 Å². The Morgan fingerprint density at radius 3 is 2.93 bits per heavy atom. The number of nitrogens with one attached hydrogen (secondary N) is 1. The molecule has 1 atom stereocenters. The Hall–Kier alpha value is -0.100. The molecule has 0 aliphatic carbocycles. The molecule has 1 unspecified atom stereocenters. The van der Waals surface area contributed by atoms with Crippen LogP contribution in [-0.4, -0.2) is 26.1 Å². The average Bonchev–Trinajstić information content (AvgIpc) is 2.47. The van der Waals surface area contributed by atoms with Crippen LogP contribution in [0.4, 0.5) is 4.79 Å². The fourth-order valence-corrected chi connectivity index (χ4v) is 2.32. The first-order valence-corrected chi connectivity index (χ1v) is 5.57. The summed E-state index contributed by atoms with van der Waals surface area (Å²) in [6.07, 6.45) is 0.994. The number of urea groups is 1. The van der Waals surface area contributed by atoms with Gasteiger partial charge >= 0.3 is 6.03 Å². The maximum atomic E-state index is 11.1. The number of halogens is 3. The molecular formula is C6H4Cl3N3OS. The van der Waals surface area contributed by atoms with Gasteiger partial charge in [0.05, 0.1) is 0 Å². The van der Waals surface area contributed by atoms with E-state index < -0.39 is 16.0 Å². The van der Waals surface area contributed by atoms with Crippen molar-refractivity contribution < 1.29 is 4.79 Å². The normalized spacial score (nSPS) is 25.9. The van der Waals surface area contributed by atoms with Crippen molar-refractivity contribution in [1.29, 1.82) is 0 Å². The Bertz CT molecular complexity index is 338. The Morgan fingerprint density at radius 2 is 2.29 bits per heavy atom. The molecular weight excluding hydrogens is 269 g/mol. The number of fused-ring (bicyclic) bond motifs is 1. The van der Waals surface area contributed by atoms with E-state index in [1.807, 2.05) is 0 Å². The molecule has 0 spiro atoms. The van der Waals surface area contributed by atoms with Crippen molar-refractivity contribution in [2.45, 2.75) is 9.96 Å². The van der Waals surface area contributed by atoms with E-state index in [0.29, 0.717) is 5.17 Å². The molecule has 0 fully saturated rings. The van der Waals surface area contributed by atoms with E-state index in [1.54, 1.807) is 16.5 Å². The van der Waals surface area contributed by atoms with Gasteiger partial charge in [0, 0.05) is 6.20 Å². The number of amides is 2. The Kier molecular flexibility index (Phi) is 2.59. The highest BCUT2D eigenvalue weighted by molar-refractivity contribution is 8.16. The van der Waals surface area contributed by atoms with Gasteiger partial charge in [-0.25, -0.2) is 4.79 Å². The highest BCUT2D eigenvalue weighted by Crippen LogP contribution is 2.37. The van der Waals surface area contributed by atoms with Crippen molar-refractivity contribution in [3.05, 3.63) is 11.6 Å². The highest BCUT2D eigenvalue weighted by Gasteiger charge is 2.43. The molecule has 0 aromatic rings. The first kappa shape index (κ1) is 10.4. The van der Waals surface area contributed by atoms with E-state index in [2.05, 4.69) is 10.3 Å². The summed E-state index contributed by atoms with van der Waals surface area (Å²) in [6, 6.07) is -0.497. The number of carbonyl (C=O) groups excluding carboxylic acids is 1. The molecule has 0 bridgehead atoms. The summed E-state index contributed by atoms with van der Waals surface area (Å²) >= 11 is 18.5. The Morgan fingerprint density at radius 1 is 1.57 bits per heavy atom. The maximum Gasteiger partial charge on any atom is 0.345 e. The predicted molar refractivity (Wildman–Crippen MR) is 58.6 cm³/mol. The van der Waals surface area contributed by atoms with Crippen LogP contribution in [0.1, 0.15) is 0 Å². The third-order valence-corrected chi connectivity index (χ3v) is 3.05. The molecule has 0 radical (unpaired) electrons. The van der Waals surface area contributed by atoms with Crippen LogP contribution in [-0.2, 0) is 0 Å². The molecule has 0 aromatic heterocycles. The Balaban J connectivity index is 2.32. The quantitative estimate of drug-likeness (QED) is 0.688. The fraction of sp³-hybridized carbons (Fsp3) is 0.333. The summed E-state index contributed by atoms with van der Waals surface area (Å²) in [4.78, 5) is 16.5. The van der Waals surface area contributed by atoms with E-state index in [-0.39, 0.29) is 0 Å². The van der Waals surface area contributed by atoms with Gasteiger partial charge in [0.15, 0.2) is 11.3 Å². The zero-order valence-electron chi connectivity index (χ0n) is 6.58. The molecule has 76 valence electrons. The summed E-state index contributed by atoms with van der Waals surface area (Å²) in [7, 11) is 0. The summed E-state index contributed by atoms with van der Waals surface area (Å²) in [5.41, 5.74) is 0. The third kappa shape index (κ3) is 1.82. The summed E-state index contributed by atoms with van der Waals surface area (Å²) in [5, 5.41) is 4.75. The molecule has 4 nitrogen and oxygen atoms in total. The first-order chi connectivity index (χ1) is 6.48. The van der Waals surface area contributed by atoms with Crippen molar-refractivity contribution in [3.8, 4) is 0 Å². The standard InChI is InChI=1S/C6H4Cl3N3OS/c7-6(8,9)3-10-4(13)11-5-12(3)1-2-14-5/h1-3H,(H,10,13). The van der Waals surface area contributed by atoms with Crippen LogP contribution >= 0.6 is 46.6 Å². The number of carbonyl (C=O) groups is 1. The van der Waals surface area contributed by atoms with Gasteiger partial charge in [0.25, 0.3) is 0 Å². The van der Waals surface area contributed by atoms with Crippen LogP contribution in [0.3, 0.4) is 0 Å². The number of nitrogens with zero attached hydrogens (tertiary/aromatic N) is 2. The third-order valence-electron chi connectivity index (χ3n) is 1.66. The van der Waals surface area contributed by atoms with Gasteiger partial charge in [0.1, 0.15) is 0 Å². The molecule has 2 rings (SSSR count). The van der Waals surface area contributed by atoms with Crippen molar-refractivity contribution in [1.82, 2.24) is 10.2 Å². The fourth-order valence-electron chi connectivity index (χ4n) is 1.11.